The van der Waals surface area contributed by atoms with E-state index in [1.54, 1.807) is 21.3 Å². The first kappa shape index (κ1) is 88.5. The highest BCUT2D eigenvalue weighted by molar-refractivity contribution is 4.92. The summed E-state index contributed by atoms with van der Waals surface area (Å²) in [4.78, 5) is 0. The lowest BCUT2D eigenvalue weighted by Crippen LogP contribution is -2.41. The average molecular weight is 992 g/mol. The van der Waals surface area contributed by atoms with E-state index >= 15 is 0 Å². The molecule has 0 spiro atoms. The summed E-state index contributed by atoms with van der Waals surface area (Å²) >= 11 is 0. The smallest absolute Gasteiger partial charge is 0.161 e. The fraction of sp³-hybridized carbons (Fsp3) is 1.00. The lowest BCUT2D eigenvalue weighted by molar-refractivity contribution is -0.178. The van der Waals surface area contributed by atoms with Crippen molar-refractivity contribution in [3.8, 4) is 0 Å². The molecule has 0 saturated carbocycles. The van der Waals surface area contributed by atoms with Crippen LogP contribution in [0, 0.1) is 75.8 Å². The van der Waals surface area contributed by atoms with Crippen LogP contribution >= 0.6 is 0 Å². The maximum Gasteiger partial charge on any atom is 0.161 e. The van der Waals surface area contributed by atoms with E-state index in [0.29, 0.717) is 75.8 Å². The first-order valence-electron chi connectivity index (χ1n) is 27.1. The van der Waals surface area contributed by atoms with E-state index in [1.165, 1.54) is 0 Å². The number of rotatable bonds is 2. The van der Waals surface area contributed by atoms with Crippen LogP contribution in [-0.2, 0) is 14.2 Å². The van der Waals surface area contributed by atoms with Crippen LogP contribution in [0.4, 0.5) is 0 Å². The summed E-state index contributed by atoms with van der Waals surface area (Å²) < 4.78 is 14.7. The Balaban J connectivity index is -0.0000000849. The van der Waals surface area contributed by atoms with Crippen LogP contribution in [-0.4, -0.2) is 32.7 Å². The molecule has 0 N–H and O–H groups in total. The van der Waals surface area contributed by atoms with Gasteiger partial charge in [-0.3, -0.25) is 0 Å². The summed E-state index contributed by atoms with van der Waals surface area (Å²) in [6.45, 7) is 105. The van der Waals surface area contributed by atoms with Crippen LogP contribution in [0.15, 0.2) is 0 Å². The second-order valence-electron chi connectivity index (χ2n) is 35.9. The van der Waals surface area contributed by atoms with Gasteiger partial charge in [-0.05, 0) is 110 Å². The Labute approximate surface area is 446 Å². The Hall–Kier alpha value is -0.120. The molecule has 0 heterocycles. The molecular formula is C66H150O3. The highest BCUT2D eigenvalue weighted by atomic mass is 16.7. The molecule has 69 heavy (non-hydrogen) atoms. The standard InChI is InChI=1S/2C11H24.3C8H18.C5H12O2.C5H12O.2C5H12/c2*1-9(2,3)11(7,8)10(4,5)6;3*1-7(2,3)8(4,5)6;1-5(2,6-3)7-4;1-5(2,3)6-4;2*1-5(2,3)4/h2*1-8H3;3*1-6H3;1-4H3;1-4H3;2*1-4H3. The van der Waals surface area contributed by atoms with Gasteiger partial charge in [-0.25, -0.2) is 0 Å². The third kappa shape index (κ3) is 57.0. The van der Waals surface area contributed by atoms with E-state index in [4.69, 9.17) is 14.2 Å². The number of ether oxygens (including phenoxy) is 3. The minimum Gasteiger partial charge on any atom is -0.379 e. The van der Waals surface area contributed by atoms with Crippen molar-refractivity contribution in [3.05, 3.63) is 0 Å². The maximum absolute atomic E-state index is 4.94. The molecule has 0 bridgehead atoms. The molecular weight excluding hydrogens is 841 g/mol. The van der Waals surface area contributed by atoms with Gasteiger partial charge < -0.3 is 14.2 Å². The maximum atomic E-state index is 4.94. The number of hydrogen-bond acceptors (Lipinski definition) is 3. The summed E-state index contributed by atoms with van der Waals surface area (Å²) in [6, 6.07) is 0. The summed E-state index contributed by atoms with van der Waals surface area (Å²) in [5.41, 5.74) is 5.94. The van der Waals surface area contributed by atoms with Crippen molar-refractivity contribution < 1.29 is 14.2 Å². The van der Waals surface area contributed by atoms with E-state index in [0.717, 1.165) is 0 Å². The summed E-state index contributed by atoms with van der Waals surface area (Å²) in [6.07, 6.45) is 0. The molecule has 0 saturated heterocycles. The molecule has 0 aliphatic carbocycles. The molecule has 0 atom stereocenters. The molecule has 0 aliphatic rings. The minimum absolute atomic E-state index is 0.0417. The molecule has 0 amide bonds. The van der Waals surface area contributed by atoms with Crippen LogP contribution in [0.3, 0.4) is 0 Å². The van der Waals surface area contributed by atoms with Crippen molar-refractivity contribution in [2.45, 2.75) is 337 Å². The SMILES string of the molecule is CC(C)(C)C.CC(C)(C)C.CC(C)(C)C(C)(C)C.CC(C)(C)C(C)(C)C.CC(C)(C)C(C)(C)C.CC(C)(C)C(C)(C)C(C)(C)C.CC(C)(C)C(C)(C)C(C)(C)C.COC(C)(C)C.COC(C)(C)OC. The van der Waals surface area contributed by atoms with Crippen molar-refractivity contribution in [1.29, 1.82) is 0 Å². The minimum atomic E-state index is -0.417. The fourth-order valence-corrected chi connectivity index (χ4v) is 2.33. The van der Waals surface area contributed by atoms with Gasteiger partial charge in [-0.1, -0.05) is 291 Å². The molecule has 3 heteroatoms. The molecule has 0 unspecified atom stereocenters. The number of hydrogen-bond donors (Lipinski definition) is 0. The highest BCUT2D eigenvalue weighted by Gasteiger charge is 2.43. The number of methoxy groups -OCH3 is 3. The van der Waals surface area contributed by atoms with Gasteiger partial charge in [0.15, 0.2) is 5.79 Å². The Morgan fingerprint density at radius 1 is 0.159 bits per heavy atom. The second-order valence-corrected chi connectivity index (χ2v) is 35.9. The zero-order chi connectivity index (χ0) is 60.1. The Morgan fingerprint density at radius 3 is 0.246 bits per heavy atom. The first-order chi connectivity index (χ1) is 28.4. The third-order valence-electron chi connectivity index (χ3n) is 15.8. The van der Waals surface area contributed by atoms with E-state index in [2.05, 4.69) is 291 Å². The summed E-state index contributed by atoms with van der Waals surface area (Å²) in [5, 5.41) is 0. The first-order valence-corrected chi connectivity index (χ1v) is 27.1. The fourth-order valence-electron chi connectivity index (χ4n) is 2.33. The molecule has 0 fully saturated rings. The van der Waals surface area contributed by atoms with E-state index in [-0.39, 0.29) is 5.60 Å². The van der Waals surface area contributed by atoms with Gasteiger partial charge in [-0.15, -0.1) is 0 Å². The topological polar surface area (TPSA) is 27.7 Å². The van der Waals surface area contributed by atoms with E-state index in [9.17, 15) is 0 Å². The second kappa shape index (κ2) is 31.1. The van der Waals surface area contributed by atoms with Crippen LogP contribution in [0.1, 0.15) is 325 Å². The molecule has 0 aromatic carbocycles. The molecule has 3 nitrogen and oxygen atoms in total. The Bertz CT molecular complexity index is 1000. The van der Waals surface area contributed by atoms with Crippen LogP contribution in [0.2, 0.25) is 0 Å². The monoisotopic (exact) mass is 991 g/mol. The van der Waals surface area contributed by atoms with Crippen molar-refractivity contribution >= 4 is 0 Å². The quantitative estimate of drug-likeness (QED) is 0.258. The van der Waals surface area contributed by atoms with Gasteiger partial charge in [-0.2, -0.15) is 0 Å². The predicted octanol–water partition coefficient (Wildman–Crippen LogP) is 24.0. The van der Waals surface area contributed by atoms with E-state index in [1.807, 2.05) is 34.6 Å². The van der Waals surface area contributed by atoms with Gasteiger partial charge in [0.05, 0.1) is 5.60 Å². The Morgan fingerprint density at radius 2 is 0.246 bits per heavy atom. The summed E-state index contributed by atoms with van der Waals surface area (Å²) in [7, 11) is 4.94. The summed E-state index contributed by atoms with van der Waals surface area (Å²) in [5.74, 6) is -0.417. The van der Waals surface area contributed by atoms with Crippen molar-refractivity contribution in [2.24, 2.45) is 75.8 Å². The molecule has 0 rings (SSSR count). The van der Waals surface area contributed by atoms with E-state index < -0.39 is 5.79 Å². The average Bonchev–Trinajstić information content (AvgIpc) is 2.96. The van der Waals surface area contributed by atoms with Crippen molar-refractivity contribution in [3.63, 3.8) is 0 Å². The lowest BCUT2D eigenvalue weighted by atomic mass is 9.56. The molecule has 432 valence electrons. The normalized spacial score (nSPS) is 13.8. The van der Waals surface area contributed by atoms with Gasteiger partial charge in [0.2, 0.25) is 0 Å². The van der Waals surface area contributed by atoms with Crippen LogP contribution in [0.25, 0.3) is 0 Å². The Kier molecular flexibility index (Phi) is 39.8. The molecule has 0 aromatic rings. The third-order valence-corrected chi connectivity index (χ3v) is 15.8. The predicted molar refractivity (Wildman–Crippen MR) is 327 cm³/mol. The van der Waals surface area contributed by atoms with Gasteiger partial charge in [0.1, 0.15) is 0 Å². The zero-order valence-electron chi connectivity index (χ0n) is 59.2. The van der Waals surface area contributed by atoms with Gasteiger partial charge in [0.25, 0.3) is 0 Å². The van der Waals surface area contributed by atoms with Gasteiger partial charge in [0, 0.05) is 21.3 Å². The van der Waals surface area contributed by atoms with Crippen LogP contribution in [0.5, 0.6) is 0 Å². The van der Waals surface area contributed by atoms with Crippen molar-refractivity contribution in [1.82, 2.24) is 0 Å². The molecule has 0 aliphatic heterocycles. The largest absolute Gasteiger partial charge is 0.379 e. The zero-order valence-corrected chi connectivity index (χ0v) is 59.2. The molecule has 0 radical (unpaired) electrons. The highest BCUT2D eigenvalue weighted by Crippen LogP contribution is 2.51. The van der Waals surface area contributed by atoms with Crippen molar-refractivity contribution in [2.75, 3.05) is 21.3 Å². The van der Waals surface area contributed by atoms with Crippen LogP contribution < -0.4 is 0 Å². The lowest BCUT2D eigenvalue weighted by Gasteiger charge is -2.49. The molecule has 0 aromatic heterocycles. The van der Waals surface area contributed by atoms with Gasteiger partial charge >= 0.3 is 0 Å².